The van der Waals surface area contributed by atoms with E-state index in [1.165, 1.54) is 0 Å². The van der Waals surface area contributed by atoms with Crippen molar-refractivity contribution in [3.63, 3.8) is 0 Å². The Balaban J connectivity index is 2.06. The number of aryl methyl sites for hydroxylation is 2. The molecular weight excluding hydrogens is 286 g/mol. The molecule has 1 aromatic heterocycles. The summed E-state index contributed by atoms with van der Waals surface area (Å²) in [5, 5.41) is 4.39. The van der Waals surface area contributed by atoms with E-state index in [2.05, 4.69) is 17.2 Å². The van der Waals surface area contributed by atoms with Crippen LogP contribution in [0.2, 0.25) is 0 Å². The predicted octanol–water partition coefficient (Wildman–Crippen LogP) is 2.55. The number of hydrogen-bond donors (Lipinski definition) is 2. The minimum absolute atomic E-state index is 0.235. The molecule has 1 amide bonds. The second-order valence-electron chi connectivity index (χ2n) is 5.83. The van der Waals surface area contributed by atoms with Crippen LogP contribution in [-0.4, -0.2) is 28.2 Å². The van der Waals surface area contributed by atoms with E-state index in [0.29, 0.717) is 10.5 Å². The zero-order chi connectivity index (χ0) is 15.5. The van der Waals surface area contributed by atoms with Crippen molar-refractivity contribution in [3.05, 3.63) is 11.5 Å². The van der Waals surface area contributed by atoms with Crippen LogP contribution in [0, 0.1) is 13.8 Å². The number of nitrogens with zero attached hydrogens (tertiary/aromatic N) is 1. The monoisotopic (exact) mass is 311 g/mol. The first-order chi connectivity index (χ1) is 9.97. The van der Waals surface area contributed by atoms with E-state index in [4.69, 9.17) is 10.2 Å². The summed E-state index contributed by atoms with van der Waals surface area (Å²) < 4.78 is 5.64. The maximum absolute atomic E-state index is 11.9. The number of aromatic nitrogens is 1. The number of hydrogen-bond acceptors (Lipinski definition) is 5. The largest absolute Gasteiger partial charge is 0.437 e. The van der Waals surface area contributed by atoms with Gasteiger partial charge in [-0.15, -0.1) is 0 Å². The first-order valence-corrected chi connectivity index (χ1v) is 8.50. The number of oxazole rings is 1. The van der Waals surface area contributed by atoms with Crippen molar-refractivity contribution in [2.75, 3.05) is 6.54 Å². The van der Waals surface area contributed by atoms with Crippen LogP contribution in [0.15, 0.2) is 9.64 Å². The lowest BCUT2D eigenvalue weighted by Crippen LogP contribution is -2.58. The fourth-order valence-electron chi connectivity index (χ4n) is 2.80. The van der Waals surface area contributed by atoms with E-state index in [1.54, 1.807) is 11.8 Å². The normalized spacial score (nSPS) is 26.0. The molecule has 2 rings (SSSR count). The molecule has 1 aromatic rings. The lowest BCUT2D eigenvalue weighted by Gasteiger charge is -2.38. The number of carbonyl (C=O) groups excluding carboxylic acids is 1. The molecule has 1 aliphatic rings. The molecule has 21 heavy (non-hydrogen) atoms. The fraction of sp³-hybridized carbons (Fsp3) is 0.733. The first kappa shape index (κ1) is 16.4. The molecule has 3 N–H and O–H groups in total. The van der Waals surface area contributed by atoms with Gasteiger partial charge in [0.25, 0.3) is 5.22 Å². The molecule has 1 aliphatic carbocycles. The molecule has 1 saturated carbocycles. The van der Waals surface area contributed by atoms with Crippen molar-refractivity contribution >= 4 is 17.7 Å². The Morgan fingerprint density at radius 1 is 1.57 bits per heavy atom. The lowest BCUT2D eigenvalue weighted by molar-refractivity contribution is -0.125. The summed E-state index contributed by atoms with van der Waals surface area (Å²) in [6.07, 6.45) is 4.62. The van der Waals surface area contributed by atoms with E-state index in [0.717, 1.165) is 50.1 Å². The number of primary amides is 1. The summed E-state index contributed by atoms with van der Waals surface area (Å²) in [5.74, 6) is 0.625. The Morgan fingerprint density at radius 2 is 2.33 bits per heavy atom. The molecule has 0 radical (unpaired) electrons. The summed E-state index contributed by atoms with van der Waals surface area (Å²) in [6.45, 7) is 6.77. The quantitative estimate of drug-likeness (QED) is 0.844. The van der Waals surface area contributed by atoms with Crippen molar-refractivity contribution in [2.24, 2.45) is 5.73 Å². The third-order valence-corrected chi connectivity index (χ3v) is 5.28. The van der Waals surface area contributed by atoms with Crippen LogP contribution in [0.3, 0.4) is 0 Å². The summed E-state index contributed by atoms with van der Waals surface area (Å²) in [6, 6.07) is 0. The highest BCUT2D eigenvalue weighted by atomic mass is 32.2. The molecular formula is C15H25N3O2S. The molecule has 0 aromatic carbocycles. The molecule has 0 aliphatic heterocycles. The minimum Gasteiger partial charge on any atom is -0.437 e. The number of nitrogens with one attached hydrogen (secondary N) is 1. The molecule has 118 valence electrons. The van der Waals surface area contributed by atoms with Crippen molar-refractivity contribution in [1.82, 2.24) is 10.3 Å². The van der Waals surface area contributed by atoms with E-state index in [9.17, 15) is 4.79 Å². The van der Waals surface area contributed by atoms with Crippen LogP contribution in [-0.2, 0) is 4.79 Å². The van der Waals surface area contributed by atoms with Gasteiger partial charge in [-0.05, 0) is 52.5 Å². The fourth-order valence-corrected chi connectivity index (χ4v) is 4.10. The Hall–Kier alpha value is -1.01. The first-order valence-electron chi connectivity index (χ1n) is 7.62. The number of carbonyl (C=O) groups is 1. The van der Waals surface area contributed by atoms with E-state index in [1.807, 2.05) is 13.8 Å². The second-order valence-corrected chi connectivity index (χ2v) is 7.08. The Labute approximate surface area is 130 Å². The van der Waals surface area contributed by atoms with Crippen LogP contribution >= 0.6 is 11.8 Å². The average Bonchev–Trinajstić information content (AvgIpc) is 2.75. The summed E-state index contributed by atoms with van der Waals surface area (Å²) in [5.41, 5.74) is 6.04. The van der Waals surface area contributed by atoms with Gasteiger partial charge in [-0.3, -0.25) is 4.79 Å². The minimum atomic E-state index is -0.567. The predicted molar refractivity (Wildman–Crippen MR) is 84.3 cm³/mol. The Morgan fingerprint density at radius 3 is 2.90 bits per heavy atom. The number of rotatable bonds is 6. The van der Waals surface area contributed by atoms with Gasteiger partial charge in [-0.2, -0.15) is 0 Å². The SMILES string of the molecule is CCCNC1(C(N)=O)CCCC(Sc2nc(C)c(C)o2)C1. The zero-order valence-electron chi connectivity index (χ0n) is 13.1. The van der Waals surface area contributed by atoms with Crippen LogP contribution in [0.1, 0.15) is 50.5 Å². The van der Waals surface area contributed by atoms with Crippen LogP contribution in [0.5, 0.6) is 0 Å². The topological polar surface area (TPSA) is 81.1 Å². The molecule has 1 fully saturated rings. The van der Waals surface area contributed by atoms with Gasteiger partial charge in [-0.25, -0.2) is 4.98 Å². The highest BCUT2D eigenvalue weighted by Crippen LogP contribution is 2.38. The van der Waals surface area contributed by atoms with E-state index in [-0.39, 0.29) is 5.91 Å². The summed E-state index contributed by atoms with van der Waals surface area (Å²) in [7, 11) is 0. The Bertz CT molecular complexity index is 484. The average molecular weight is 311 g/mol. The molecule has 1 heterocycles. The van der Waals surface area contributed by atoms with Gasteiger partial charge in [0, 0.05) is 5.25 Å². The van der Waals surface area contributed by atoms with E-state index >= 15 is 0 Å². The molecule has 0 saturated heterocycles. The molecule has 5 nitrogen and oxygen atoms in total. The molecule has 0 spiro atoms. The standard InChI is InChI=1S/C15H25N3O2S/c1-4-8-17-15(13(16)19)7-5-6-12(9-15)21-14-18-10(2)11(3)20-14/h12,17H,4-9H2,1-3H3,(H2,16,19). The van der Waals surface area contributed by atoms with Gasteiger partial charge >= 0.3 is 0 Å². The van der Waals surface area contributed by atoms with Crippen LogP contribution in [0.25, 0.3) is 0 Å². The maximum atomic E-state index is 11.9. The lowest BCUT2D eigenvalue weighted by atomic mass is 9.80. The summed E-state index contributed by atoms with van der Waals surface area (Å²) in [4.78, 5) is 16.4. The summed E-state index contributed by atoms with van der Waals surface area (Å²) >= 11 is 1.63. The van der Waals surface area contributed by atoms with Crippen LogP contribution < -0.4 is 11.1 Å². The Kier molecular flexibility index (Phi) is 5.32. The van der Waals surface area contributed by atoms with E-state index < -0.39 is 5.54 Å². The third kappa shape index (κ3) is 3.80. The van der Waals surface area contributed by atoms with Crippen LogP contribution in [0.4, 0.5) is 0 Å². The van der Waals surface area contributed by atoms with Gasteiger partial charge in [0.05, 0.1) is 11.2 Å². The number of nitrogens with two attached hydrogens (primary N) is 1. The number of thioether (sulfide) groups is 1. The highest BCUT2D eigenvalue weighted by molar-refractivity contribution is 7.99. The van der Waals surface area contributed by atoms with Gasteiger partial charge in [0.15, 0.2) is 0 Å². The highest BCUT2D eigenvalue weighted by Gasteiger charge is 2.41. The molecule has 6 heteroatoms. The second kappa shape index (κ2) is 6.83. The zero-order valence-corrected chi connectivity index (χ0v) is 13.9. The van der Waals surface area contributed by atoms with Crippen molar-refractivity contribution in [1.29, 1.82) is 0 Å². The van der Waals surface area contributed by atoms with Gasteiger partial charge < -0.3 is 15.5 Å². The van der Waals surface area contributed by atoms with Gasteiger partial charge in [0.1, 0.15) is 5.76 Å². The van der Waals surface area contributed by atoms with Crippen molar-refractivity contribution < 1.29 is 9.21 Å². The van der Waals surface area contributed by atoms with Crippen molar-refractivity contribution in [2.45, 2.75) is 68.9 Å². The molecule has 0 bridgehead atoms. The smallest absolute Gasteiger partial charge is 0.256 e. The van der Waals surface area contributed by atoms with Gasteiger partial charge in [0.2, 0.25) is 5.91 Å². The molecule has 2 unspecified atom stereocenters. The third-order valence-electron chi connectivity index (χ3n) is 4.17. The molecule has 2 atom stereocenters. The number of amides is 1. The maximum Gasteiger partial charge on any atom is 0.256 e. The van der Waals surface area contributed by atoms with Crippen molar-refractivity contribution in [3.8, 4) is 0 Å². The van der Waals surface area contributed by atoms with Gasteiger partial charge in [-0.1, -0.05) is 18.7 Å².